The van der Waals surface area contributed by atoms with E-state index in [1.165, 1.54) is 43.9 Å². The third-order valence-corrected chi connectivity index (χ3v) is 11.5. The van der Waals surface area contributed by atoms with Gasteiger partial charge in [-0.15, -0.1) is 0 Å². The van der Waals surface area contributed by atoms with Crippen molar-refractivity contribution in [2.45, 2.75) is 18.9 Å². The van der Waals surface area contributed by atoms with Crippen molar-refractivity contribution >= 4 is 77.0 Å². The van der Waals surface area contributed by atoms with Crippen LogP contribution in [0.1, 0.15) is 18.9 Å². The monoisotopic (exact) mass is 681 g/mol. The van der Waals surface area contributed by atoms with Gasteiger partial charge in [-0.05, 0) is 96.9 Å². The molecule has 5 nitrogen and oxygen atoms in total. The van der Waals surface area contributed by atoms with E-state index in [0.717, 1.165) is 67.6 Å². The van der Waals surface area contributed by atoms with Crippen LogP contribution < -0.4 is 4.74 Å². The van der Waals surface area contributed by atoms with E-state index in [2.05, 4.69) is 150 Å². The van der Waals surface area contributed by atoms with Crippen LogP contribution in [0.3, 0.4) is 0 Å². The Labute approximate surface area is 304 Å². The molecule has 0 N–H and O–H groups in total. The van der Waals surface area contributed by atoms with E-state index in [1.807, 2.05) is 24.4 Å². The maximum Gasteiger partial charge on any atom is 0.145 e. The van der Waals surface area contributed by atoms with Gasteiger partial charge in [0.05, 0.1) is 16.6 Å². The van der Waals surface area contributed by atoms with E-state index in [1.54, 1.807) is 0 Å². The van der Waals surface area contributed by atoms with E-state index in [-0.39, 0.29) is 0 Å². The highest BCUT2D eigenvalue weighted by Crippen LogP contribution is 2.50. The minimum absolute atomic E-state index is 0.451. The number of rotatable bonds is 3. The van der Waals surface area contributed by atoms with E-state index in [9.17, 15) is 0 Å². The predicted octanol–water partition coefficient (Wildman–Crippen LogP) is 12.3. The van der Waals surface area contributed by atoms with Crippen molar-refractivity contribution in [3.63, 3.8) is 0 Å². The van der Waals surface area contributed by atoms with Gasteiger partial charge >= 0.3 is 0 Å². The summed E-state index contributed by atoms with van der Waals surface area (Å²) in [7, 11) is 0. The van der Waals surface area contributed by atoms with Gasteiger partial charge in [0.2, 0.25) is 0 Å². The number of pyridine rings is 1. The molecule has 12 rings (SSSR count). The summed E-state index contributed by atoms with van der Waals surface area (Å²) in [5.41, 5.74) is 12.7. The van der Waals surface area contributed by atoms with Crippen molar-refractivity contribution in [3.05, 3.63) is 163 Å². The maximum absolute atomic E-state index is 6.75. The first-order valence-corrected chi connectivity index (χ1v) is 18.2. The maximum atomic E-state index is 6.75. The van der Waals surface area contributed by atoms with E-state index >= 15 is 0 Å². The van der Waals surface area contributed by atoms with Gasteiger partial charge in [0.1, 0.15) is 28.2 Å². The zero-order valence-corrected chi connectivity index (χ0v) is 28.9. The molecule has 0 fully saturated rings. The minimum atomic E-state index is -0.451. The number of allylic oxidation sites excluding steroid dienone is 2. The van der Waals surface area contributed by atoms with Gasteiger partial charge in [0.15, 0.2) is 0 Å². The van der Waals surface area contributed by atoms with Crippen molar-refractivity contribution in [3.8, 4) is 22.6 Å². The lowest BCUT2D eigenvalue weighted by molar-refractivity contribution is 0.170. The summed E-state index contributed by atoms with van der Waals surface area (Å²) >= 11 is 0. The van der Waals surface area contributed by atoms with Gasteiger partial charge < -0.3 is 13.7 Å². The largest absolute Gasteiger partial charge is 0.482 e. The fourth-order valence-electron chi connectivity index (χ4n) is 8.98. The average molecular weight is 682 g/mol. The van der Waals surface area contributed by atoms with Gasteiger partial charge in [0, 0.05) is 67.5 Å². The Bertz CT molecular complexity index is 3210. The van der Waals surface area contributed by atoms with Gasteiger partial charge in [-0.3, -0.25) is 4.57 Å². The summed E-state index contributed by atoms with van der Waals surface area (Å²) in [6.45, 7) is 2.21. The zero-order chi connectivity index (χ0) is 34.8. The molecule has 4 aromatic heterocycles. The lowest BCUT2D eigenvalue weighted by Crippen LogP contribution is -2.30. The summed E-state index contributed by atoms with van der Waals surface area (Å²) in [6.07, 6.45) is 7.26. The Morgan fingerprint density at radius 2 is 1.26 bits per heavy atom. The number of ether oxygens (including phenoxy) is 1. The number of hydrogen-bond acceptors (Lipinski definition) is 3. The van der Waals surface area contributed by atoms with E-state index < -0.39 is 5.60 Å². The number of nitrogens with zero attached hydrogens (tertiary/aromatic N) is 3. The minimum Gasteiger partial charge on any atom is -0.482 e. The second-order valence-corrected chi connectivity index (χ2v) is 14.5. The molecule has 5 heterocycles. The molecule has 2 aliphatic rings. The van der Waals surface area contributed by atoms with Crippen molar-refractivity contribution in [1.29, 1.82) is 0 Å². The summed E-state index contributed by atoms with van der Waals surface area (Å²) in [5, 5.41) is 7.09. The van der Waals surface area contributed by atoms with Crippen LogP contribution in [0.25, 0.3) is 93.8 Å². The smallest absolute Gasteiger partial charge is 0.145 e. The molecule has 53 heavy (non-hydrogen) atoms. The molecule has 0 bridgehead atoms. The second-order valence-electron chi connectivity index (χ2n) is 14.5. The Balaban J connectivity index is 1.01. The lowest BCUT2D eigenvalue weighted by atomic mass is 9.85. The molecule has 1 unspecified atom stereocenters. The fourth-order valence-corrected chi connectivity index (χ4v) is 8.98. The third kappa shape index (κ3) is 3.99. The molecular weight excluding hydrogens is 651 g/mol. The highest BCUT2D eigenvalue weighted by molar-refractivity contribution is 6.12. The van der Waals surface area contributed by atoms with Crippen LogP contribution in [0.15, 0.2) is 162 Å². The number of hydrogen-bond donors (Lipinski definition) is 0. The second kappa shape index (κ2) is 10.4. The molecule has 0 radical (unpaired) electrons. The van der Waals surface area contributed by atoms with Crippen LogP contribution in [-0.4, -0.2) is 19.7 Å². The molecule has 250 valence electrons. The molecular formula is C48H31N3O2. The fraction of sp³-hybridized carbons (Fsp3) is 0.0625. The summed E-state index contributed by atoms with van der Waals surface area (Å²) in [4.78, 5) is 4.85. The van der Waals surface area contributed by atoms with Gasteiger partial charge in [-0.25, -0.2) is 4.98 Å². The number of para-hydroxylation sites is 3. The molecule has 0 saturated heterocycles. The topological polar surface area (TPSA) is 45.1 Å². The summed E-state index contributed by atoms with van der Waals surface area (Å²) < 4.78 is 17.6. The van der Waals surface area contributed by atoms with Crippen molar-refractivity contribution < 1.29 is 9.15 Å². The van der Waals surface area contributed by atoms with Crippen molar-refractivity contribution in [2.24, 2.45) is 0 Å². The molecule has 1 aliphatic carbocycles. The van der Waals surface area contributed by atoms with Crippen molar-refractivity contribution in [1.82, 2.24) is 14.1 Å². The number of furan rings is 1. The average Bonchev–Trinajstić information content (AvgIpc) is 3.93. The number of aromatic nitrogens is 3. The highest BCUT2D eigenvalue weighted by atomic mass is 16.5. The Hall–Kier alpha value is -6.85. The molecule has 1 atom stereocenters. The third-order valence-electron chi connectivity index (χ3n) is 11.5. The first-order chi connectivity index (χ1) is 26.1. The van der Waals surface area contributed by atoms with Crippen LogP contribution >= 0.6 is 0 Å². The van der Waals surface area contributed by atoms with Gasteiger partial charge in [-0.1, -0.05) is 72.8 Å². The van der Waals surface area contributed by atoms with Crippen LogP contribution in [0.4, 0.5) is 0 Å². The van der Waals surface area contributed by atoms with Gasteiger partial charge in [0.25, 0.3) is 0 Å². The summed E-state index contributed by atoms with van der Waals surface area (Å²) in [6, 6.07) is 49.8. The predicted molar refractivity (Wildman–Crippen MR) is 217 cm³/mol. The standard InChI is InChI=1S/C48H31N3O2/c1-48-23-22-32(51-42-14-6-2-9-33(42)36-12-8-24-49-47(36)51)28-40(48)39-27-31(18-21-46(39)53-48)50-41-13-5-3-10-34(41)37-25-29(16-19-43(37)50)30-17-20-45-38(26-30)35-11-4-7-15-44(35)52-45/h2-22,24-28H,23H2,1H3. The van der Waals surface area contributed by atoms with Crippen LogP contribution in [0.2, 0.25) is 0 Å². The Morgan fingerprint density at radius 1 is 0.585 bits per heavy atom. The molecule has 0 amide bonds. The molecule has 5 heteroatoms. The van der Waals surface area contributed by atoms with Crippen LogP contribution in [-0.2, 0) is 0 Å². The number of fused-ring (bicyclic) bond motifs is 12. The normalized spacial score (nSPS) is 16.8. The molecule has 1 aliphatic heterocycles. The molecule has 0 spiro atoms. The van der Waals surface area contributed by atoms with E-state index in [4.69, 9.17) is 14.1 Å². The molecule has 0 saturated carbocycles. The summed E-state index contributed by atoms with van der Waals surface area (Å²) in [5.74, 6) is 0.919. The first kappa shape index (κ1) is 28.8. The Morgan fingerprint density at radius 3 is 2.13 bits per heavy atom. The van der Waals surface area contributed by atoms with Crippen LogP contribution in [0.5, 0.6) is 5.75 Å². The highest BCUT2D eigenvalue weighted by Gasteiger charge is 2.41. The molecule has 6 aromatic carbocycles. The first-order valence-electron chi connectivity index (χ1n) is 18.2. The molecule has 10 aromatic rings. The van der Waals surface area contributed by atoms with E-state index in [0.29, 0.717) is 0 Å². The zero-order valence-electron chi connectivity index (χ0n) is 28.9. The SMILES string of the molecule is CC12CC=C(n3c4ccccc4c4cccnc43)C=C1c1cc(-n3c4ccccc4c4cc(-c5ccc6oc7ccccc7c6c5)ccc43)ccc1O2. The Kier molecular flexibility index (Phi) is 5.63. The van der Waals surface area contributed by atoms with Crippen LogP contribution in [0, 0.1) is 0 Å². The lowest BCUT2D eigenvalue weighted by Gasteiger charge is -2.28. The number of benzene rings is 6. The quantitative estimate of drug-likeness (QED) is 0.186. The van der Waals surface area contributed by atoms with Gasteiger partial charge in [-0.2, -0.15) is 0 Å². The van der Waals surface area contributed by atoms with Crippen molar-refractivity contribution in [2.75, 3.05) is 0 Å².